The summed E-state index contributed by atoms with van der Waals surface area (Å²) in [6, 6.07) is 0.854. The first-order valence-corrected chi connectivity index (χ1v) is 7.17. The number of hydrogen-bond acceptors (Lipinski definition) is 1. The zero-order chi connectivity index (χ0) is 12.2. The van der Waals surface area contributed by atoms with Gasteiger partial charge in [0.05, 0.1) is 0 Å². The molecule has 0 N–H and O–H groups in total. The third-order valence-corrected chi connectivity index (χ3v) is 4.29. The molecule has 1 nitrogen and oxygen atoms in total. The Hall–Kier alpha value is -0.0400. The fourth-order valence-electron chi connectivity index (χ4n) is 3.32. The van der Waals surface area contributed by atoms with Crippen molar-refractivity contribution in [3.8, 4) is 0 Å². The van der Waals surface area contributed by atoms with E-state index >= 15 is 0 Å². The predicted octanol–water partition coefficient (Wildman–Crippen LogP) is 4.32. The lowest BCUT2D eigenvalue weighted by atomic mass is 9.71. The van der Waals surface area contributed by atoms with Crippen molar-refractivity contribution in [3.05, 3.63) is 0 Å². The van der Waals surface area contributed by atoms with Gasteiger partial charge in [0, 0.05) is 12.6 Å². The summed E-state index contributed by atoms with van der Waals surface area (Å²) in [5, 5.41) is 0. The fourth-order valence-corrected chi connectivity index (χ4v) is 3.32. The molecule has 0 aromatic carbocycles. The van der Waals surface area contributed by atoms with Crippen molar-refractivity contribution < 1.29 is 0 Å². The largest absolute Gasteiger partial charge is 0.303 e. The van der Waals surface area contributed by atoms with Gasteiger partial charge in [-0.05, 0) is 50.5 Å². The highest BCUT2D eigenvalue weighted by atomic mass is 15.1. The van der Waals surface area contributed by atoms with E-state index in [1.54, 1.807) is 0 Å². The van der Waals surface area contributed by atoms with Crippen molar-refractivity contribution in [2.24, 2.45) is 11.3 Å². The van der Waals surface area contributed by atoms with Crippen LogP contribution in [0, 0.1) is 11.3 Å². The van der Waals surface area contributed by atoms with Crippen molar-refractivity contribution in [3.63, 3.8) is 0 Å². The van der Waals surface area contributed by atoms with Crippen molar-refractivity contribution in [1.29, 1.82) is 0 Å². The second-order valence-electron chi connectivity index (χ2n) is 6.63. The van der Waals surface area contributed by atoms with Gasteiger partial charge in [-0.15, -0.1) is 0 Å². The van der Waals surface area contributed by atoms with Crippen LogP contribution >= 0.6 is 0 Å². The highest BCUT2D eigenvalue weighted by Crippen LogP contribution is 2.40. The van der Waals surface area contributed by atoms with Crippen LogP contribution in [-0.4, -0.2) is 24.5 Å². The smallest absolute Gasteiger partial charge is 0.00927 e. The summed E-state index contributed by atoms with van der Waals surface area (Å²) >= 11 is 0. The van der Waals surface area contributed by atoms with Gasteiger partial charge < -0.3 is 4.90 Å². The van der Waals surface area contributed by atoms with E-state index in [1.807, 2.05) is 0 Å². The lowest BCUT2D eigenvalue weighted by Crippen LogP contribution is -2.39. The molecule has 1 saturated carbocycles. The van der Waals surface area contributed by atoms with Crippen LogP contribution in [0.3, 0.4) is 0 Å². The number of rotatable bonds is 5. The van der Waals surface area contributed by atoms with Crippen LogP contribution in [0.5, 0.6) is 0 Å². The van der Waals surface area contributed by atoms with E-state index in [2.05, 4.69) is 39.6 Å². The minimum atomic E-state index is 0.657. The normalized spacial score (nSPS) is 31.3. The molecule has 0 atom stereocenters. The van der Waals surface area contributed by atoms with Gasteiger partial charge in [-0.2, -0.15) is 0 Å². The molecular weight excluding hydrogens is 194 g/mol. The molecule has 0 aromatic rings. The van der Waals surface area contributed by atoms with E-state index in [0.717, 1.165) is 12.0 Å². The SMILES string of the molecule is CCCC1(C)CCC(N(C)CC(C)C)CC1. The highest BCUT2D eigenvalue weighted by Gasteiger charge is 2.31. The molecule has 96 valence electrons. The molecule has 1 heteroatoms. The third-order valence-electron chi connectivity index (χ3n) is 4.29. The molecule has 0 saturated heterocycles. The lowest BCUT2D eigenvalue weighted by molar-refractivity contribution is 0.102. The minimum Gasteiger partial charge on any atom is -0.303 e. The molecule has 16 heavy (non-hydrogen) atoms. The Bertz CT molecular complexity index is 190. The van der Waals surface area contributed by atoms with Crippen molar-refractivity contribution in [1.82, 2.24) is 4.90 Å². The maximum absolute atomic E-state index is 2.59. The standard InChI is InChI=1S/C15H31N/c1-6-9-15(4)10-7-14(8-11-15)16(5)12-13(2)3/h13-14H,6-12H2,1-5H3. The topological polar surface area (TPSA) is 3.24 Å². The van der Waals surface area contributed by atoms with Gasteiger partial charge in [0.15, 0.2) is 0 Å². The fraction of sp³-hybridized carbons (Fsp3) is 1.00. The summed E-state index contributed by atoms with van der Waals surface area (Å²) < 4.78 is 0. The molecule has 0 unspecified atom stereocenters. The van der Waals surface area contributed by atoms with E-state index in [1.165, 1.54) is 45.1 Å². The van der Waals surface area contributed by atoms with Crippen LogP contribution in [0.1, 0.15) is 66.2 Å². The Balaban J connectivity index is 2.36. The van der Waals surface area contributed by atoms with Gasteiger partial charge in [-0.1, -0.05) is 34.1 Å². The second-order valence-corrected chi connectivity index (χ2v) is 6.63. The molecule has 1 aliphatic carbocycles. The van der Waals surface area contributed by atoms with Gasteiger partial charge in [-0.3, -0.25) is 0 Å². The first-order chi connectivity index (χ1) is 7.47. The first kappa shape index (κ1) is 14.0. The summed E-state index contributed by atoms with van der Waals surface area (Å²) in [5.74, 6) is 0.800. The van der Waals surface area contributed by atoms with E-state index < -0.39 is 0 Å². The molecule has 1 aliphatic rings. The summed E-state index contributed by atoms with van der Waals surface area (Å²) in [7, 11) is 2.31. The molecule has 1 fully saturated rings. The molecule has 0 amide bonds. The van der Waals surface area contributed by atoms with Crippen LogP contribution in [0.4, 0.5) is 0 Å². The molecule has 0 radical (unpaired) electrons. The molecule has 1 rings (SSSR count). The van der Waals surface area contributed by atoms with Gasteiger partial charge in [0.1, 0.15) is 0 Å². The van der Waals surface area contributed by atoms with Crippen LogP contribution in [0.15, 0.2) is 0 Å². The molecule has 0 aliphatic heterocycles. The second kappa shape index (κ2) is 6.05. The maximum Gasteiger partial charge on any atom is 0.00927 e. The highest BCUT2D eigenvalue weighted by molar-refractivity contribution is 4.85. The van der Waals surface area contributed by atoms with Crippen LogP contribution in [0.2, 0.25) is 0 Å². The lowest BCUT2D eigenvalue weighted by Gasteiger charge is -2.41. The average molecular weight is 225 g/mol. The zero-order valence-electron chi connectivity index (χ0n) is 12.1. The predicted molar refractivity (Wildman–Crippen MR) is 72.7 cm³/mol. The first-order valence-electron chi connectivity index (χ1n) is 7.17. The van der Waals surface area contributed by atoms with E-state index in [0.29, 0.717) is 5.41 Å². The van der Waals surface area contributed by atoms with E-state index in [9.17, 15) is 0 Å². The molecule has 0 aromatic heterocycles. The Morgan fingerprint density at radius 2 is 1.81 bits per heavy atom. The molecule has 0 heterocycles. The third kappa shape index (κ3) is 4.08. The minimum absolute atomic E-state index is 0.657. The Morgan fingerprint density at radius 1 is 1.25 bits per heavy atom. The van der Waals surface area contributed by atoms with Crippen molar-refractivity contribution in [2.45, 2.75) is 72.3 Å². The molecule has 0 spiro atoms. The van der Waals surface area contributed by atoms with Gasteiger partial charge >= 0.3 is 0 Å². The van der Waals surface area contributed by atoms with Gasteiger partial charge in [0.25, 0.3) is 0 Å². The summed E-state index contributed by atoms with van der Waals surface area (Å²) in [5.41, 5.74) is 0.657. The quantitative estimate of drug-likeness (QED) is 0.673. The molecular formula is C15H31N. The Kier molecular flexibility index (Phi) is 5.30. The average Bonchev–Trinajstić information content (AvgIpc) is 2.17. The number of nitrogens with zero attached hydrogens (tertiary/aromatic N) is 1. The van der Waals surface area contributed by atoms with Crippen LogP contribution in [-0.2, 0) is 0 Å². The summed E-state index contributed by atoms with van der Waals surface area (Å²) in [6.07, 6.45) is 8.48. The van der Waals surface area contributed by atoms with Crippen molar-refractivity contribution >= 4 is 0 Å². The maximum atomic E-state index is 2.59. The number of hydrogen-bond donors (Lipinski definition) is 0. The van der Waals surface area contributed by atoms with Crippen LogP contribution < -0.4 is 0 Å². The van der Waals surface area contributed by atoms with E-state index in [4.69, 9.17) is 0 Å². The molecule has 0 bridgehead atoms. The van der Waals surface area contributed by atoms with E-state index in [-0.39, 0.29) is 0 Å². The van der Waals surface area contributed by atoms with Gasteiger partial charge in [-0.25, -0.2) is 0 Å². The summed E-state index contributed by atoms with van der Waals surface area (Å²) in [6.45, 7) is 10.7. The monoisotopic (exact) mass is 225 g/mol. The van der Waals surface area contributed by atoms with Gasteiger partial charge in [0.2, 0.25) is 0 Å². The Morgan fingerprint density at radius 3 is 2.25 bits per heavy atom. The van der Waals surface area contributed by atoms with Crippen LogP contribution in [0.25, 0.3) is 0 Å². The zero-order valence-corrected chi connectivity index (χ0v) is 12.1. The van der Waals surface area contributed by atoms with Crippen molar-refractivity contribution in [2.75, 3.05) is 13.6 Å². The Labute approximate surface area is 103 Å². The summed E-state index contributed by atoms with van der Waals surface area (Å²) in [4.78, 5) is 2.59.